The number of hydrogen-bond acceptors (Lipinski definition) is 1. The van der Waals surface area contributed by atoms with Gasteiger partial charge in [-0.05, 0) is 54.5 Å². The highest BCUT2D eigenvalue weighted by molar-refractivity contribution is 5.43. The van der Waals surface area contributed by atoms with E-state index in [9.17, 15) is 0 Å². The Hall–Kier alpha value is -1.60. The largest absolute Gasteiger partial charge is 0.320 e. The van der Waals surface area contributed by atoms with Crippen LogP contribution in [-0.2, 0) is 12.8 Å². The molecule has 0 amide bonds. The summed E-state index contributed by atoms with van der Waals surface area (Å²) in [6.45, 7) is 8.65. The summed E-state index contributed by atoms with van der Waals surface area (Å²) in [4.78, 5) is 0. The number of nitrogens with two attached hydrogens (primary N) is 1. The van der Waals surface area contributed by atoms with Gasteiger partial charge in [0.2, 0.25) is 0 Å². The molecule has 0 fully saturated rings. The molecule has 0 aliphatic rings. The smallest absolute Gasteiger partial charge is 0.0557 e. The number of hydrogen-bond donors (Lipinski definition) is 1. The second kappa shape index (κ2) is 6.23. The van der Waals surface area contributed by atoms with Gasteiger partial charge in [0.15, 0.2) is 0 Å². The van der Waals surface area contributed by atoms with Crippen LogP contribution in [0.3, 0.4) is 0 Å². The van der Waals surface area contributed by atoms with Crippen molar-refractivity contribution in [3.8, 4) is 0 Å². The average molecular weight is 267 g/mol. The standard InChI is InChI=1S/C19H25N/c1-5-15-9-10-16(6-2)18(12-15)19(20)17-11-13(3)7-8-14(17)4/h7-12,19H,5-6,20H2,1-4H3. The Labute approximate surface area is 122 Å². The predicted molar refractivity (Wildman–Crippen MR) is 87.1 cm³/mol. The summed E-state index contributed by atoms with van der Waals surface area (Å²) in [6.07, 6.45) is 2.08. The van der Waals surface area contributed by atoms with E-state index in [1.54, 1.807) is 0 Å². The average Bonchev–Trinajstić information content (AvgIpc) is 2.48. The molecule has 0 spiro atoms. The molecule has 2 N–H and O–H groups in total. The van der Waals surface area contributed by atoms with Crippen LogP contribution in [0.15, 0.2) is 36.4 Å². The summed E-state index contributed by atoms with van der Waals surface area (Å²) >= 11 is 0. The maximum atomic E-state index is 6.59. The molecule has 1 nitrogen and oxygen atoms in total. The molecule has 0 saturated heterocycles. The molecular weight excluding hydrogens is 242 g/mol. The minimum atomic E-state index is -0.0312. The van der Waals surface area contributed by atoms with Crippen LogP contribution in [0.5, 0.6) is 0 Å². The van der Waals surface area contributed by atoms with Gasteiger partial charge in [-0.2, -0.15) is 0 Å². The van der Waals surface area contributed by atoms with Gasteiger partial charge in [-0.15, -0.1) is 0 Å². The zero-order valence-corrected chi connectivity index (χ0v) is 13.0. The first-order valence-corrected chi connectivity index (χ1v) is 7.51. The number of aryl methyl sites for hydroxylation is 4. The fourth-order valence-corrected chi connectivity index (χ4v) is 2.74. The molecule has 0 aliphatic heterocycles. The van der Waals surface area contributed by atoms with E-state index < -0.39 is 0 Å². The molecule has 0 aromatic heterocycles. The zero-order chi connectivity index (χ0) is 14.7. The van der Waals surface area contributed by atoms with Crippen LogP contribution in [0.1, 0.15) is 53.3 Å². The van der Waals surface area contributed by atoms with Crippen LogP contribution >= 0.6 is 0 Å². The Bertz CT molecular complexity index is 599. The SMILES string of the molecule is CCc1ccc(CC)c(C(N)c2cc(C)ccc2C)c1. The molecule has 0 heterocycles. The summed E-state index contributed by atoms with van der Waals surface area (Å²) in [6, 6.07) is 13.2. The van der Waals surface area contributed by atoms with Crippen molar-refractivity contribution in [2.45, 2.75) is 46.6 Å². The lowest BCUT2D eigenvalue weighted by Gasteiger charge is -2.20. The molecule has 2 aromatic carbocycles. The van der Waals surface area contributed by atoms with Crippen molar-refractivity contribution in [1.29, 1.82) is 0 Å². The van der Waals surface area contributed by atoms with Gasteiger partial charge in [0.05, 0.1) is 6.04 Å². The lowest BCUT2D eigenvalue weighted by Crippen LogP contribution is -2.16. The van der Waals surface area contributed by atoms with E-state index in [4.69, 9.17) is 5.73 Å². The number of benzene rings is 2. The van der Waals surface area contributed by atoms with Gasteiger partial charge in [0.1, 0.15) is 0 Å². The molecule has 0 radical (unpaired) electrons. The first-order chi connectivity index (χ1) is 9.56. The first kappa shape index (κ1) is 14.8. The third-order valence-electron chi connectivity index (χ3n) is 4.10. The molecule has 1 atom stereocenters. The highest BCUT2D eigenvalue weighted by Gasteiger charge is 2.15. The van der Waals surface area contributed by atoms with Gasteiger partial charge in [-0.1, -0.05) is 55.8 Å². The predicted octanol–water partition coefficient (Wildman–Crippen LogP) is 4.48. The molecule has 0 saturated carbocycles. The highest BCUT2D eigenvalue weighted by atomic mass is 14.6. The lowest BCUT2D eigenvalue weighted by molar-refractivity contribution is 0.835. The van der Waals surface area contributed by atoms with Crippen molar-refractivity contribution in [3.05, 3.63) is 69.8 Å². The number of rotatable bonds is 4. The highest BCUT2D eigenvalue weighted by Crippen LogP contribution is 2.27. The van der Waals surface area contributed by atoms with Crippen LogP contribution in [0.4, 0.5) is 0 Å². The van der Waals surface area contributed by atoms with Gasteiger partial charge >= 0.3 is 0 Å². The van der Waals surface area contributed by atoms with Crippen molar-refractivity contribution >= 4 is 0 Å². The Morgan fingerprint density at radius 2 is 1.65 bits per heavy atom. The Morgan fingerprint density at radius 1 is 0.900 bits per heavy atom. The molecule has 1 heteroatoms. The third kappa shape index (κ3) is 2.94. The Kier molecular flexibility index (Phi) is 4.61. The monoisotopic (exact) mass is 267 g/mol. The molecule has 2 rings (SSSR count). The van der Waals surface area contributed by atoms with Crippen LogP contribution in [0.25, 0.3) is 0 Å². The molecule has 106 valence electrons. The molecule has 2 aromatic rings. The fraction of sp³-hybridized carbons (Fsp3) is 0.368. The van der Waals surface area contributed by atoms with Gasteiger partial charge < -0.3 is 5.73 Å². The topological polar surface area (TPSA) is 26.0 Å². The zero-order valence-electron chi connectivity index (χ0n) is 13.0. The summed E-state index contributed by atoms with van der Waals surface area (Å²) in [5, 5.41) is 0. The summed E-state index contributed by atoms with van der Waals surface area (Å²) < 4.78 is 0. The van der Waals surface area contributed by atoms with Crippen molar-refractivity contribution < 1.29 is 0 Å². The van der Waals surface area contributed by atoms with Crippen molar-refractivity contribution in [1.82, 2.24) is 0 Å². The second-order valence-electron chi connectivity index (χ2n) is 5.58. The van der Waals surface area contributed by atoms with E-state index >= 15 is 0 Å². The maximum absolute atomic E-state index is 6.59. The van der Waals surface area contributed by atoms with Crippen LogP contribution in [0.2, 0.25) is 0 Å². The third-order valence-corrected chi connectivity index (χ3v) is 4.10. The van der Waals surface area contributed by atoms with Crippen molar-refractivity contribution in [3.63, 3.8) is 0 Å². The summed E-state index contributed by atoms with van der Waals surface area (Å²) in [7, 11) is 0. The fourth-order valence-electron chi connectivity index (χ4n) is 2.74. The molecular formula is C19H25N. The second-order valence-corrected chi connectivity index (χ2v) is 5.58. The minimum absolute atomic E-state index is 0.0312. The quantitative estimate of drug-likeness (QED) is 0.868. The normalized spacial score (nSPS) is 12.4. The van der Waals surface area contributed by atoms with Crippen molar-refractivity contribution in [2.24, 2.45) is 5.73 Å². The van der Waals surface area contributed by atoms with E-state index in [-0.39, 0.29) is 6.04 Å². The molecule has 0 bridgehead atoms. The van der Waals surface area contributed by atoms with Gasteiger partial charge in [0, 0.05) is 0 Å². The van der Waals surface area contributed by atoms with E-state index in [0.717, 1.165) is 12.8 Å². The Balaban J connectivity index is 2.51. The maximum Gasteiger partial charge on any atom is 0.0557 e. The van der Waals surface area contributed by atoms with Crippen LogP contribution < -0.4 is 5.73 Å². The van der Waals surface area contributed by atoms with Gasteiger partial charge in [-0.3, -0.25) is 0 Å². The first-order valence-electron chi connectivity index (χ1n) is 7.51. The van der Waals surface area contributed by atoms with E-state index in [2.05, 4.69) is 64.1 Å². The molecule has 0 aliphatic carbocycles. The van der Waals surface area contributed by atoms with Gasteiger partial charge in [0.25, 0.3) is 0 Å². The van der Waals surface area contributed by atoms with E-state index in [0.29, 0.717) is 0 Å². The van der Waals surface area contributed by atoms with E-state index in [1.807, 2.05) is 0 Å². The molecule has 1 unspecified atom stereocenters. The van der Waals surface area contributed by atoms with Gasteiger partial charge in [-0.25, -0.2) is 0 Å². The molecule has 20 heavy (non-hydrogen) atoms. The van der Waals surface area contributed by atoms with E-state index in [1.165, 1.54) is 33.4 Å². The Morgan fingerprint density at radius 3 is 2.30 bits per heavy atom. The summed E-state index contributed by atoms with van der Waals surface area (Å²) in [5.74, 6) is 0. The summed E-state index contributed by atoms with van der Waals surface area (Å²) in [5.41, 5.74) is 14.4. The van der Waals surface area contributed by atoms with Crippen molar-refractivity contribution in [2.75, 3.05) is 0 Å². The van der Waals surface area contributed by atoms with Crippen LogP contribution in [-0.4, -0.2) is 0 Å². The minimum Gasteiger partial charge on any atom is -0.320 e. The van der Waals surface area contributed by atoms with Crippen LogP contribution in [0, 0.1) is 13.8 Å². The lowest BCUT2D eigenvalue weighted by atomic mass is 9.89.